The summed E-state index contributed by atoms with van der Waals surface area (Å²) in [6.07, 6.45) is 4.00. The molecule has 1 aliphatic rings. The average molecular weight is 582 g/mol. The van der Waals surface area contributed by atoms with E-state index in [1.54, 1.807) is 36.5 Å². The van der Waals surface area contributed by atoms with E-state index in [0.29, 0.717) is 41.9 Å². The van der Waals surface area contributed by atoms with Crippen LogP contribution in [0.4, 0.5) is 26.2 Å². The lowest BCUT2D eigenvalue weighted by Gasteiger charge is -2.22. The van der Waals surface area contributed by atoms with Crippen LogP contribution < -0.4 is 32.5 Å². The molecule has 1 aliphatic heterocycles. The van der Waals surface area contributed by atoms with Gasteiger partial charge < -0.3 is 21.1 Å². The molecule has 13 heteroatoms. The summed E-state index contributed by atoms with van der Waals surface area (Å²) in [6, 6.07) is 12.4. The van der Waals surface area contributed by atoms with Crippen molar-refractivity contribution in [3.8, 4) is 11.3 Å². The smallest absolute Gasteiger partial charge is 0.411 e. The zero-order valence-electron chi connectivity index (χ0n) is 22.1. The van der Waals surface area contributed by atoms with Gasteiger partial charge in [0.1, 0.15) is 5.70 Å². The van der Waals surface area contributed by atoms with E-state index in [2.05, 4.69) is 25.7 Å². The van der Waals surface area contributed by atoms with Crippen molar-refractivity contribution in [3.63, 3.8) is 0 Å². The fourth-order valence-electron chi connectivity index (χ4n) is 4.31. The summed E-state index contributed by atoms with van der Waals surface area (Å²) in [7, 11) is 1.25. The van der Waals surface area contributed by atoms with Gasteiger partial charge in [0.05, 0.1) is 41.4 Å². The molecule has 3 amide bonds. The Morgan fingerprint density at radius 3 is 2.80 bits per heavy atom. The van der Waals surface area contributed by atoms with Gasteiger partial charge in [-0.3, -0.25) is 24.9 Å². The number of nitrogens with two attached hydrogens (primary N) is 2. The van der Waals surface area contributed by atoms with Crippen LogP contribution in [0.2, 0.25) is 5.02 Å². The molecular formula is C28H29ClFN7O4. The number of ether oxygens (including phenoxy) is 1. The number of pyridine rings is 1. The van der Waals surface area contributed by atoms with E-state index in [1.807, 2.05) is 0 Å². The number of hydrogen-bond donors (Lipinski definition) is 5. The van der Waals surface area contributed by atoms with Gasteiger partial charge in [0.2, 0.25) is 5.91 Å². The Morgan fingerprint density at radius 1 is 1.22 bits per heavy atom. The van der Waals surface area contributed by atoms with Gasteiger partial charge in [-0.05, 0) is 60.9 Å². The van der Waals surface area contributed by atoms with Crippen molar-refractivity contribution < 1.29 is 23.5 Å². The lowest BCUT2D eigenvalue weighted by atomic mass is 9.97. The SMILES string of the molecule is COC(=O)Nc1ccc2c(c1)NC(=O)CCCCC(NC(=O)/C(N)=C/N(N)c1cccc(Cl)c1F)c1ccnc-2c1. The number of aromatic nitrogens is 1. The Labute approximate surface area is 240 Å². The molecule has 0 saturated heterocycles. The van der Waals surface area contributed by atoms with E-state index in [0.717, 1.165) is 16.8 Å². The third-order valence-corrected chi connectivity index (χ3v) is 6.68. The normalized spacial score (nSPS) is 15.4. The number of benzene rings is 2. The van der Waals surface area contributed by atoms with Crippen molar-refractivity contribution in [1.29, 1.82) is 0 Å². The van der Waals surface area contributed by atoms with Crippen LogP contribution in [0.25, 0.3) is 11.3 Å². The molecule has 3 aromatic rings. The number of halogens is 2. The quantitative estimate of drug-likeness (QED) is 0.166. The second-order valence-electron chi connectivity index (χ2n) is 9.24. The summed E-state index contributed by atoms with van der Waals surface area (Å²) in [4.78, 5) is 41.9. The van der Waals surface area contributed by atoms with Gasteiger partial charge >= 0.3 is 6.09 Å². The minimum atomic E-state index is -0.748. The van der Waals surface area contributed by atoms with E-state index in [4.69, 9.17) is 23.2 Å². The van der Waals surface area contributed by atoms with Gasteiger partial charge in [0, 0.05) is 23.9 Å². The molecule has 0 fully saturated rings. The lowest BCUT2D eigenvalue weighted by Crippen LogP contribution is -2.35. The van der Waals surface area contributed by atoms with E-state index >= 15 is 0 Å². The van der Waals surface area contributed by atoms with Crippen LogP contribution in [0.1, 0.15) is 37.3 Å². The summed E-state index contributed by atoms with van der Waals surface area (Å²) >= 11 is 5.83. The van der Waals surface area contributed by atoms with Crippen molar-refractivity contribution in [2.75, 3.05) is 22.8 Å². The molecule has 0 spiro atoms. The Bertz CT molecular complexity index is 1500. The molecule has 0 radical (unpaired) electrons. The molecule has 2 bridgehead atoms. The fraction of sp³-hybridized carbons (Fsp3) is 0.214. The van der Waals surface area contributed by atoms with Crippen molar-refractivity contribution in [2.24, 2.45) is 11.6 Å². The molecule has 1 unspecified atom stereocenters. The van der Waals surface area contributed by atoms with Gasteiger partial charge in [-0.15, -0.1) is 0 Å². The first-order valence-corrected chi connectivity index (χ1v) is 13.1. The van der Waals surface area contributed by atoms with Gasteiger partial charge in [0.25, 0.3) is 5.91 Å². The molecule has 1 aromatic heterocycles. The molecule has 4 rings (SSSR count). The van der Waals surface area contributed by atoms with E-state index in [-0.39, 0.29) is 28.7 Å². The Hall–Kier alpha value is -4.68. The topological polar surface area (TPSA) is 165 Å². The molecule has 7 N–H and O–H groups in total. The highest BCUT2D eigenvalue weighted by atomic mass is 35.5. The second-order valence-corrected chi connectivity index (χ2v) is 9.64. The second kappa shape index (κ2) is 13.1. The van der Waals surface area contributed by atoms with Crippen LogP contribution in [-0.4, -0.2) is 30.0 Å². The number of amides is 3. The largest absolute Gasteiger partial charge is 0.453 e. The van der Waals surface area contributed by atoms with E-state index in [9.17, 15) is 18.8 Å². The molecule has 41 heavy (non-hydrogen) atoms. The van der Waals surface area contributed by atoms with Gasteiger partial charge in [-0.25, -0.2) is 15.0 Å². The first-order valence-electron chi connectivity index (χ1n) is 12.7. The maximum atomic E-state index is 14.4. The van der Waals surface area contributed by atoms with Crippen LogP contribution >= 0.6 is 11.6 Å². The van der Waals surface area contributed by atoms with Crippen molar-refractivity contribution in [1.82, 2.24) is 10.3 Å². The highest BCUT2D eigenvalue weighted by molar-refractivity contribution is 6.31. The minimum Gasteiger partial charge on any atom is -0.453 e. The number of carbonyl (C=O) groups is 3. The summed E-state index contributed by atoms with van der Waals surface area (Å²) in [6.45, 7) is 0. The average Bonchev–Trinajstić information content (AvgIpc) is 2.95. The summed E-state index contributed by atoms with van der Waals surface area (Å²) < 4.78 is 19.0. The number of methoxy groups -OCH3 is 1. The van der Waals surface area contributed by atoms with Crippen LogP contribution in [0.15, 0.2) is 66.6 Å². The predicted octanol–water partition coefficient (Wildman–Crippen LogP) is 4.57. The number of carbonyl (C=O) groups excluding carboxylic acids is 3. The zero-order valence-corrected chi connectivity index (χ0v) is 22.9. The van der Waals surface area contributed by atoms with Gasteiger partial charge in [-0.1, -0.05) is 24.1 Å². The monoisotopic (exact) mass is 581 g/mol. The van der Waals surface area contributed by atoms with Crippen LogP contribution in [0.3, 0.4) is 0 Å². The first kappa shape index (κ1) is 29.3. The number of hydrazine groups is 1. The third kappa shape index (κ3) is 7.29. The predicted molar refractivity (Wildman–Crippen MR) is 154 cm³/mol. The fourth-order valence-corrected chi connectivity index (χ4v) is 4.48. The van der Waals surface area contributed by atoms with Crippen molar-refractivity contribution >= 4 is 46.6 Å². The summed E-state index contributed by atoms with van der Waals surface area (Å²) in [5.41, 5.74) is 8.51. The molecule has 11 nitrogen and oxygen atoms in total. The lowest BCUT2D eigenvalue weighted by molar-refractivity contribution is -0.118. The standard InChI is InChI=1S/C28H29ClFN7O4/c1-41-28(40)34-17-9-10-18-22-13-16(11-12-33-22)21(6-2-3-8-25(38)35-23(18)14-17)36-27(39)20(31)15-37(32)24-7-4-5-19(29)26(24)30/h4-5,7,9-15,21H,2-3,6,8,31-32H2,1H3,(H,34,40)(H,35,38)(H,36,39)/b20-15-. The molecular weight excluding hydrogens is 553 g/mol. The number of nitrogens with one attached hydrogen (secondary N) is 3. The van der Waals surface area contributed by atoms with Crippen LogP contribution in [0.5, 0.6) is 0 Å². The molecule has 2 heterocycles. The number of rotatable bonds is 5. The van der Waals surface area contributed by atoms with Gasteiger partial charge in [-0.2, -0.15) is 0 Å². The molecule has 214 valence electrons. The van der Waals surface area contributed by atoms with E-state index < -0.39 is 23.9 Å². The molecule has 2 aromatic carbocycles. The Kier molecular flexibility index (Phi) is 9.37. The van der Waals surface area contributed by atoms with Crippen LogP contribution in [-0.2, 0) is 14.3 Å². The van der Waals surface area contributed by atoms with Crippen molar-refractivity contribution in [2.45, 2.75) is 31.7 Å². The Balaban J connectivity index is 1.62. The minimum absolute atomic E-state index is 0.0556. The highest BCUT2D eigenvalue weighted by Crippen LogP contribution is 2.33. The zero-order chi connectivity index (χ0) is 29.5. The molecule has 0 saturated carbocycles. The maximum absolute atomic E-state index is 14.4. The number of hydrogen-bond acceptors (Lipinski definition) is 8. The first-order chi connectivity index (χ1) is 19.7. The maximum Gasteiger partial charge on any atom is 0.411 e. The number of fused-ring (bicyclic) bond motifs is 4. The third-order valence-electron chi connectivity index (χ3n) is 6.39. The van der Waals surface area contributed by atoms with E-state index in [1.165, 1.54) is 25.3 Å². The molecule has 0 aliphatic carbocycles. The Morgan fingerprint density at radius 2 is 2.02 bits per heavy atom. The highest BCUT2D eigenvalue weighted by Gasteiger charge is 2.21. The summed E-state index contributed by atoms with van der Waals surface area (Å²) in [5, 5.41) is 9.16. The number of nitrogens with zero attached hydrogens (tertiary/aromatic N) is 2. The van der Waals surface area contributed by atoms with Crippen molar-refractivity contribution in [3.05, 3.63) is 83.0 Å². The van der Waals surface area contributed by atoms with Crippen LogP contribution in [0, 0.1) is 5.82 Å². The van der Waals surface area contributed by atoms with Gasteiger partial charge in [0.15, 0.2) is 5.82 Å². The number of anilines is 3. The molecule has 1 atom stereocenters. The summed E-state index contributed by atoms with van der Waals surface area (Å²) in [5.74, 6) is 4.36.